The molecule has 0 unspecified atom stereocenters. The number of nitrogens with two attached hydrogens (primary N) is 2. The number of H-pyrrole nitrogens is 1. The number of unbranched alkanes of at least 4 members (excludes halogenated alkanes) is 1. The highest BCUT2D eigenvalue weighted by molar-refractivity contribution is 5.78. The molecule has 2 heterocycles. The predicted molar refractivity (Wildman–Crippen MR) is 140 cm³/mol. The average molecular weight is 486 g/mol. The number of aryl methyl sites for hydroxylation is 1. The zero-order chi connectivity index (χ0) is 25.6. The van der Waals surface area contributed by atoms with Gasteiger partial charge in [0.1, 0.15) is 0 Å². The molecular weight excluding hydrogens is 446 g/mol. The minimum Gasteiger partial charge on any atom is -0.450 e. The number of nitrogens with one attached hydrogen (secondary N) is 3. The zero-order valence-corrected chi connectivity index (χ0v) is 21.0. The number of fused-ring (bicyclic) bond motifs is 2. The number of aromatic amines is 1. The van der Waals surface area contributed by atoms with Crippen LogP contribution < -0.4 is 32.5 Å². The van der Waals surface area contributed by atoms with Gasteiger partial charge in [-0.1, -0.05) is 52.0 Å². The van der Waals surface area contributed by atoms with Gasteiger partial charge < -0.3 is 26.8 Å². The number of nitrogens with zero attached hydrogens (tertiary/aromatic N) is 2. The van der Waals surface area contributed by atoms with E-state index in [1.54, 1.807) is 0 Å². The van der Waals surface area contributed by atoms with Crippen molar-refractivity contribution in [2.75, 3.05) is 11.9 Å². The number of amides is 1. The fourth-order valence-electron chi connectivity index (χ4n) is 3.47. The molecule has 0 saturated heterocycles. The fourth-order valence-corrected chi connectivity index (χ4v) is 3.47. The third kappa shape index (κ3) is 10.1. The normalized spacial score (nSPS) is 13.7. The van der Waals surface area contributed by atoms with Gasteiger partial charge in [0.15, 0.2) is 23.3 Å². The number of guanidine groups is 1. The fraction of sp³-hybridized carbons (Fsp3) is 0.520. The van der Waals surface area contributed by atoms with Crippen LogP contribution >= 0.6 is 0 Å². The molecule has 0 spiro atoms. The van der Waals surface area contributed by atoms with Crippen LogP contribution in [0.1, 0.15) is 70.8 Å². The Morgan fingerprint density at radius 1 is 1.17 bits per heavy atom. The molecule has 2 aliphatic rings. The number of aliphatic imine (C=N–C) groups is 1. The second-order valence-corrected chi connectivity index (χ2v) is 8.61. The first-order chi connectivity index (χ1) is 16.8. The van der Waals surface area contributed by atoms with Crippen molar-refractivity contribution in [2.45, 2.75) is 78.2 Å². The Morgan fingerprint density at radius 3 is 2.54 bits per heavy atom. The van der Waals surface area contributed by atoms with Crippen LogP contribution in [0.5, 0.6) is 11.5 Å². The second kappa shape index (κ2) is 14.6. The maximum absolute atomic E-state index is 11.4. The summed E-state index contributed by atoms with van der Waals surface area (Å²) in [6, 6.07) is 6.17. The summed E-state index contributed by atoms with van der Waals surface area (Å²) in [5.74, 6) is 1.88. The van der Waals surface area contributed by atoms with E-state index in [0.29, 0.717) is 30.6 Å². The van der Waals surface area contributed by atoms with Crippen LogP contribution in [-0.2, 0) is 4.79 Å². The first-order valence-electron chi connectivity index (χ1n) is 12.3. The molecule has 1 saturated carbocycles. The largest absolute Gasteiger partial charge is 0.450 e. The predicted octanol–water partition coefficient (Wildman–Crippen LogP) is 3.83. The molecule has 1 aromatic carbocycles. The van der Waals surface area contributed by atoms with Gasteiger partial charge in [-0.05, 0) is 37.5 Å². The summed E-state index contributed by atoms with van der Waals surface area (Å²) in [6.45, 7) is 6.73. The lowest BCUT2D eigenvalue weighted by Crippen LogP contribution is -2.36. The maximum Gasteiger partial charge on any atom is 0.346 e. The lowest BCUT2D eigenvalue weighted by molar-refractivity contribution is -0.121. The quantitative estimate of drug-likeness (QED) is 0.271. The molecule has 1 aromatic heterocycles. The van der Waals surface area contributed by atoms with Crippen LogP contribution in [0.4, 0.5) is 11.5 Å². The van der Waals surface area contributed by atoms with Crippen LogP contribution in [0.2, 0.25) is 0 Å². The smallest absolute Gasteiger partial charge is 0.346 e. The van der Waals surface area contributed by atoms with Crippen molar-refractivity contribution in [3.05, 3.63) is 40.4 Å². The summed E-state index contributed by atoms with van der Waals surface area (Å²) >= 11 is 0. The standard InChI is InChI=1S/C11H9N3O2.C10H20N4O.C4H10/c1-6-2-3-8-7(4-6)13-10-9(16-8)5-12-11(15)14-10;11-10(12)13-7-6-9(15)14-8-4-2-1-3-5-8;1-3-4-2/h2-5H,1H3,(H2,12,13,14,15);8H,1-7H2,(H,14,15)(H4,11,12,13);3-4H2,1-2H3. The van der Waals surface area contributed by atoms with Gasteiger partial charge in [0.2, 0.25) is 5.91 Å². The van der Waals surface area contributed by atoms with Crippen molar-refractivity contribution < 1.29 is 9.53 Å². The Morgan fingerprint density at radius 2 is 1.89 bits per heavy atom. The van der Waals surface area contributed by atoms with E-state index in [9.17, 15) is 9.59 Å². The topological polar surface area (TPSA) is 161 Å². The molecule has 35 heavy (non-hydrogen) atoms. The van der Waals surface area contributed by atoms with E-state index in [4.69, 9.17) is 16.2 Å². The lowest BCUT2D eigenvalue weighted by atomic mass is 9.95. The molecule has 1 fully saturated rings. The van der Waals surface area contributed by atoms with Gasteiger partial charge in [-0.25, -0.2) is 4.79 Å². The Kier molecular flexibility index (Phi) is 11.6. The molecule has 2 aromatic rings. The number of hydrogen-bond donors (Lipinski definition) is 5. The van der Waals surface area contributed by atoms with Crippen molar-refractivity contribution in [1.29, 1.82) is 0 Å². The molecule has 7 N–H and O–H groups in total. The second-order valence-electron chi connectivity index (χ2n) is 8.61. The number of aromatic nitrogens is 2. The highest BCUT2D eigenvalue weighted by Crippen LogP contribution is 2.39. The van der Waals surface area contributed by atoms with Crippen molar-refractivity contribution in [2.24, 2.45) is 16.5 Å². The monoisotopic (exact) mass is 485 g/mol. The minimum atomic E-state index is -0.397. The minimum absolute atomic E-state index is 0.0421. The van der Waals surface area contributed by atoms with Crippen molar-refractivity contribution in [3.8, 4) is 11.5 Å². The van der Waals surface area contributed by atoms with Crippen LogP contribution in [0.3, 0.4) is 0 Å². The number of anilines is 2. The number of benzene rings is 1. The van der Waals surface area contributed by atoms with Crippen molar-refractivity contribution in [3.63, 3.8) is 0 Å². The van der Waals surface area contributed by atoms with E-state index in [0.717, 1.165) is 29.8 Å². The molecule has 0 bridgehead atoms. The summed E-state index contributed by atoms with van der Waals surface area (Å²) in [6.07, 6.45) is 10.4. The van der Waals surface area contributed by atoms with Gasteiger partial charge in [-0.2, -0.15) is 4.98 Å². The number of carbonyl (C=O) groups is 1. The van der Waals surface area contributed by atoms with Gasteiger partial charge in [0.05, 0.1) is 18.4 Å². The Bertz CT molecular complexity index is 1020. The van der Waals surface area contributed by atoms with Crippen LogP contribution in [0, 0.1) is 6.92 Å². The maximum atomic E-state index is 11.4. The van der Waals surface area contributed by atoms with E-state index < -0.39 is 5.69 Å². The molecule has 0 radical (unpaired) electrons. The average Bonchev–Trinajstić information content (AvgIpc) is 2.83. The van der Waals surface area contributed by atoms with Gasteiger partial charge in [-0.3, -0.25) is 14.8 Å². The molecule has 0 atom stereocenters. The molecule has 4 rings (SSSR count). The third-order valence-electron chi connectivity index (χ3n) is 5.50. The van der Waals surface area contributed by atoms with Gasteiger partial charge >= 0.3 is 5.69 Å². The molecule has 1 aliphatic carbocycles. The van der Waals surface area contributed by atoms with Crippen molar-refractivity contribution in [1.82, 2.24) is 15.3 Å². The lowest BCUT2D eigenvalue weighted by Gasteiger charge is -2.22. The number of ether oxygens (including phenoxy) is 1. The van der Waals surface area contributed by atoms with Crippen LogP contribution in [-0.4, -0.2) is 34.4 Å². The van der Waals surface area contributed by atoms with E-state index in [-0.39, 0.29) is 11.9 Å². The van der Waals surface area contributed by atoms with E-state index in [1.165, 1.54) is 38.3 Å². The Hall–Kier alpha value is -3.56. The summed E-state index contributed by atoms with van der Waals surface area (Å²) in [5.41, 5.74) is 11.9. The highest BCUT2D eigenvalue weighted by atomic mass is 16.5. The third-order valence-corrected chi connectivity index (χ3v) is 5.50. The number of carbonyl (C=O) groups excluding carboxylic acids is 1. The van der Waals surface area contributed by atoms with Crippen molar-refractivity contribution >= 4 is 23.4 Å². The van der Waals surface area contributed by atoms with Gasteiger partial charge in [-0.15, -0.1) is 0 Å². The molecule has 1 aliphatic heterocycles. The molecular formula is C25H39N7O3. The Labute approximate surface area is 207 Å². The van der Waals surface area contributed by atoms with E-state index in [1.807, 2.05) is 25.1 Å². The summed E-state index contributed by atoms with van der Waals surface area (Å²) in [4.78, 5) is 32.5. The molecule has 192 valence electrons. The van der Waals surface area contributed by atoms with Crippen LogP contribution in [0.15, 0.2) is 34.2 Å². The van der Waals surface area contributed by atoms with E-state index >= 15 is 0 Å². The molecule has 10 nitrogen and oxygen atoms in total. The van der Waals surface area contributed by atoms with E-state index in [2.05, 4.69) is 39.4 Å². The highest BCUT2D eigenvalue weighted by Gasteiger charge is 2.17. The summed E-state index contributed by atoms with van der Waals surface area (Å²) in [7, 11) is 0. The molecule has 1 amide bonds. The summed E-state index contributed by atoms with van der Waals surface area (Å²) in [5, 5.41) is 6.10. The zero-order valence-electron chi connectivity index (χ0n) is 21.0. The number of hydrogen-bond acceptors (Lipinski definition) is 6. The summed E-state index contributed by atoms with van der Waals surface area (Å²) < 4.78 is 5.59. The van der Waals surface area contributed by atoms with Gasteiger partial charge in [0.25, 0.3) is 0 Å². The van der Waals surface area contributed by atoms with Crippen LogP contribution in [0.25, 0.3) is 0 Å². The molecule has 10 heteroatoms. The van der Waals surface area contributed by atoms with Gasteiger partial charge in [0, 0.05) is 12.5 Å². The first-order valence-corrected chi connectivity index (χ1v) is 12.3. The number of rotatable bonds is 5. The SMILES string of the molecule is CCCC.Cc1ccc2c(c1)Nc1[nH]c(=O)ncc1O2.NC(N)=NCCC(=O)NC1CCCCC1. The Balaban J connectivity index is 0.000000215. The first kappa shape index (κ1) is 27.7.